The van der Waals surface area contributed by atoms with Crippen LogP contribution in [-0.4, -0.2) is 11.1 Å². The van der Waals surface area contributed by atoms with E-state index in [4.69, 9.17) is 0 Å². The average molecular weight is 244 g/mol. The quantitative estimate of drug-likeness (QED) is 0.813. The first kappa shape index (κ1) is 12.9. The monoisotopic (exact) mass is 244 g/mol. The molecule has 1 aliphatic rings. The molecule has 1 unspecified atom stereocenters. The first-order valence-corrected chi connectivity index (χ1v) is 6.67. The van der Waals surface area contributed by atoms with E-state index >= 15 is 0 Å². The van der Waals surface area contributed by atoms with E-state index in [2.05, 4.69) is 6.58 Å². The van der Waals surface area contributed by atoms with E-state index in [1.54, 1.807) is 0 Å². The summed E-state index contributed by atoms with van der Waals surface area (Å²) in [6.07, 6.45) is 5.93. The van der Waals surface area contributed by atoms with Gasteiger partial charge >= 0.3 is 5.97 Å². The van der Waals surface area contributed by atoms with Crippen molar-refractivity contribution in [2.45, 2.75) is 38.0 Å². The molecule has 1 N–H and O–H groups in total. The molecule has 1 aromatic carbocycles. The summed E-state index contributed by atoms with van der Waals surface area (Å²) in [5.41, 5.74) is 1.44. The molecule has 0 spiro atoms. The molecular weight excluding hydrogens is 224 g/mol. The van der Waals surface area contributed by atoms with E-state index in [1.807, 2.05) is 30.3 Å². The van der Waals surface area contributed by atoms with Crippen LogP contribution in [0.2, 0.25) is 0 Å². The van der Waals surface area contributed by atoms with Gasteiger partial charge in [-0.1, -0.05) is 56.2 Å². The number of hydrogen-bond acceptors (Lipinski definition) is 1. The van der Waals surface area contributed by atoms with Crippen molar-refractivity contribution in [3.05, 3.63) is 48.0 Å². The molecule has 18 heavy (non-hydrogen) atoms. The predicted molar refractivity (Wildman–Crippen MR) is 72.5 cm³/mol. The highest BCUT2D eigenvalue weighted by Gasteiger charge is 2.29. The minimum absolute atomic E-state index is 0.0241. The van der Waals surface area contributed by atoms with Crippen molar-refractivity contribution >= 4 is 5.97 Å². The molecule has 1 atom stereocenters. The van der Waals surface area contributed by atoms with Gasteiger partial charge in [-0.2, -0.15) is 0 Å². The third-order valence-electron chi connectivity index (χ3n) is 3.93. The second-order valence-electron chi connectivity index (χ2n) is 5.12. The highest BCUT2D eigenvalue weighted by atomic mass is 16.4. The van der Waals surface area contributed by atoms with E-state index in [-0.39, 0.29) is 5.92 Å². The molecule has 1 aromatic rings. The van der Waals surface area contributed by atoms with Gasteiger partial charge in [0.25, 0.3) is 0 Å². The summed E-state index contributed by atoms with van der Waals surface area (Å²) >= 11 is 0. The zero-order chi connectivity index (χ0) is 13.0. The molecule has 0 aromatic heterocycles. The Hall–Kier alpha value is -1.57. The van der Waals surface area contributed by atoms with Crippen LogP contribution in [0.5, 0.6) is 0 Å². The lowest BCUT2D eigenvalue weighted by Crippen LogP contribution is -2.21. The van der Waals surface area contributed by atoms with Gasteiger partial charge in [-0.15, -0.1) is 0 Å². The van der Waals surface area contributed by atoms with Crippen LogP contribution in [0, 0.1) is 5.92 Å². The summed E-state index contributed by atoms with van der Waals surface area (Å²) in [5, 5.41) is 9.24. The van der Waals surface area contributed by atoms with Crippen molar-refractivity contribution in [2.24, 2.45) is 5.92 Å². The van der Waals surface area contributed by atoms with Crippen molar-refractivity contribution in [1.29, 1.82) is 0 Å². The van der Waals surface area contributed by atoms with Gasteiger partial charge in [0, 0.05) is 11.5 Å². The SMILES string of the molecule is C=C(C(=O)O)C(c1ccccc1)C1CCCCC1. The number of rotatable bonds is 4. The summed E-state index contributed by atoms with van der Waals surface area (Å²) in [7, 11) is 0. The minimum atomic E-state index is -0.866. The highest BCUT2D eigenvalue weighted by molar-refractivity contribution is 5.87. The number of hydrogen-bond donors (Lipinski definition) is 1. The Morgan fingerprint density at radius 2 is 1.78 bits per heavy atom. The van der Waals surface area contributed by atoms with Gasteiger partial charge < -0.3 is 5.11 Å². The van der Waals surface area contributed by atoms with E-state index < -0.39 is 5.97 Å². The molecule has 2 heteroatoms. The molecule has 0 amide bonds. The molecule has 0 aliphatic heterocycles. The standard InChI is InChI=1S/C16H20O2/c1-12(16(17)18)15(13-8-4-2-5-9-13)14-10-6-3-7-11-14/h2,4-5,8-9,14-15H,1,3,6-7,10-11H2,(H,17,18). The summed E-state index contributed by atoms with van der Waals surface area (Å²) < 4.78 is 0. The van der Waals surface area contributed by atoms with E-state index in [1.165, 1.54) is 19.3 Å². The Bertz CT molecular complexity index is 416. The van der Waals surface area contributed by atoms with Crippen LogP contribution in [0.25, 0.3) is 0 Å². The van der Waals surface area contributed by atoms with Gasteiger partial charge in [0.15, 0.2) is 0 Å². The summed E-state index contributed by atoms with van der Waals surface area (Å²) in [6.45, 7) is 3.81. The highest BCUT2D eigenvalue weighted by Crippen LogP contribution is 2.39. The fourth-order valence-electron chi connectivity index (χ4n) is 3.02. The molecule has 0 heterocycles. The van der Waals surface area contributed by atoms with Gasteiger partial charge in [-0.25, -0.2) is 4.79 Å². The van der Waals surface area contributed by atoms with Crippen molar-refractivity contribution < 1.29 is 9.90 Å². The maximum atomic E-state index is 11.3. The van der Waals surface area contributed by atoms with E-state index in [0.717, 1.165) is 18.4 Å². The maximum absolute atomic E-state index is 11.3. The van der Waals surface area contributed by atoms with Crippen LogP contribution in [-0.2, 0) is 4.79 Å². The lowest BCUT2D eigenvalue weighted by atomic mass is 9.73. The van der Waals surface area contributed by atoms with Gasteiger partial charge in [-0.3, -0.25) is 0 Å². The number of benzene rings is 1. The summed E-state index contributed by atoms with van der Waals surface area (Å²) in [5.74, 6) is -0.455. The molecular formula is C16H20O2. The second-order valence-corrected chi connectivity index (χ2v) is 5.12. The van der Waals surface area contributed by atoms with Crippen LogP contribution in [0.15, 0.2) is 42.5 Å². The van der Waals surface area contributed by atoms with Crippen LogP contribution >= 0.6 is 0 Å². The predicted octanol–water partition coefficient (Wildman–Crippen LogP) is 3.99. The Morgan fingerprint density at radius 1 is 1.17 bits per heavy atom. The fourth-order valence-corrected chi connectivity index (χ4v) is 3.02. The van der Waals surface area contributed by atoms with Crippen molar-refractivity contribution in [1.82, 2.24) is 0 Å². The Labute approximate surface area is 108 Å². The lowest BCUT2D eigenvalue weighted by Gasteiger charge is -2.30. The fraction of sp³-hybridized carbons (Fsp3) is 0.438. The molecule has 1 aliphatic carbocycles. The van der Waals surface area contributed by atoms with E-state index in [0.29, 0.717) is 11.5 Å². The lowest BCUT2D eigenvalue weighted by molar-refractivity contribution is -0.133. The zero-order valence-electron chi connectivity index (χ0n) is 10.6. The van der Waals surface area contributed by atoms with Crippen LogP contribution < -0.4 is 0 Å². The first-order valence-electron chi connectivity index (χ1n) is 6.67. The number of carbonyl (C=O) groups is 1. The smallest absolute Gasteiger partial charge is 0.331 e. The van der Waals surface area contributed by atoms with Crippen molar-refractivity contribution in [2.75, 3.05) is 0 Å². The van der Waals surface area contributed by atoms with Crippen LogP contribution in [0.3, 0.4) is 0 Å². The topological polar surface area (TPSA) is 37.3 Å². The molecule has 0 radical (unpaired) electrons. The molecule has 2 rings (SSSR count). The van der Waals surface area contributed by atoms with Crippen LogP contribution in [0.4, 0.5) is 0 Å². The number of carboxylic acid groups (broad SMARTS) is 1. The normalized spacial score (nSPS) is 18.2. The van der Waals surface area contributed by atoms with Gasteiger partial charge in [0.2, 0.25) is 0 Å². The maximum Gasteiger partial charge on any atom is 0.331 e. The second kappa shape index (κ2) is 5.85. The molecule has 96 valence electrons. The molecule has 0 saturated heterocycles. The van der Waals surface area contributed by atoms with Crippen molar-refractivity contribution in [3.63, 3.8) is 0 Å². The van der Waals surface area contributed by atoms with Gasteiger partial charge in [0.1, 0.15) is 0 Å². The number of carboxylic acids is 1. The van der Waals surface area contributed by atoms with Gasteiger partial charge in [0.05, 0.1) is 0 Å². The first-order chi connectivity index (χ1) is 8.70. The van der Waals surface area contributed by atoms with Crippen LogP contribution in [0.1, 0.15) is 43.6 Å². The number of aliphatic carboxylic acids is 1. The van der Waals surface area contributed by atoms with Crippen molar-refractivity contribution in [3.8, 4) is 0 Å². The molecule has 1 fully saturated rings. The molecule has 1 saturated carbocycles. The average Bonchev–Trinajstić information content (AvgIpc) is 2.41. The third kappa shape index (κ3) is 2.81. The zero-order valence-corrected chi connectivity index (χ0v) is 10.6. The Kier molecular flexibility index (Phi) is 4.19. The van der Waals surface area contributed by atoms with E-state index in [9.17, 15) is 9.90 Å². The summed E-state index contributed by atoms with van der Waals surface area (Å²) in [4.78, 5) is 11.3. The largest absolute Gasteiger partial charge is 0.478 e. The van der Waals surface area contributed by atoms with Gasteiger partial charge in [-0.05, 0) is 24.3 Å². The third-order valence-corrected chi connectivity index (χ3v) is 3.93. The molecule has 0 bridgehead atoms. The summed E-state index contributed by atoms with van der Waals surface area (Å²) in [6, 6.07) is 9.95. The minimum Gasteiger partial charge on any atom is -0.478 e. The Balaban J connectivity index is 2.28. The molecule has 2 nitrogen and oxygen atoms in total. The Morgan fingerprint density at radius 3 is 2.33 bits per heavy atom.